The Bertz CT molecular complexity index is 950. The summed E-state index contributed by atoms with van der Waals surface area (Å²) in [7, 11) is 0.338. The number of aromatic nitrogens is 1. The lowest BCUT2D eigenvalue weighted by Crippen LogP contribution is -2.30. The Morgan fingerprint density at radius 2 is 1.89 bits per heavy atom. The first-order valence-electron chi connectivity index (χ1n) is 8.61. The summed E-state index contributed by atoms with van der Waals surface area (Å²) in [6.07, 6.45) is 1.47. The molecule has 0 atom stereocenters. The Hall–Kier alpha value is -3.23. The van der Waals surface area contributed by atoms with Crippen molar-refractivity contribution in [1.82, 2.24) is 4.98 Å². The number of carbonyl (C=O) groups is 1. The second-order valence-electron chi connectivity index (χ2n) is 6.34. The van der Waals surface area contributed by atoms with Gasteiger partial charge in [0, 0.05) is 25.5 Å². The molecule has 8 heteroatoms. The molecule has 28 heavy (non-hydrogen) atoms. The van der Waals surface area contributed by atoms with E-state index in [1.807, 2.05) is 18.0 Å². The smallest absolute Gasteiger partial charge is 0.423 e. The molecule has 0 radical (unpaired) electrons. The highest BCUT2D eigenvalue weighted by Gasteiger charge is 2.12. The molecule has 0 aliphatic heterocycles. The molecule has 0 fully saturated rings. The summed E-state index contributed by atoms with van der Waals surface area (Å²) in [5, 5.41) is 21.2. The summed E-state index contributed by atoms with van der Waals surface area (Å²) in [6.45, 7) is 0.509. The van der Waals surface area contributed by atoms with Crippen molar-refractivity contribution in [2.24, 2.45) is 0 Å². The lowest BCUT2D eigenvalue weighted by molar-refractivity contribution is 0.102. The van der Waals surface area contributed by atoms with Crippen LogP contribution in [0.1, 0.15) is 15.9 Å². The van der Waals surface area contributed by atoms with Crippen LogP contribution in [-0.2, 0) is 6.54 Å². The van der Waals surface area contributed by atoms with Crippen molar-refractivity contribution in [2.45, 2.75) is 6.54 Å². The third kappa shape index (κ3) is 4.94. The number of halogens is 1. The maximum absolute atomic E-state index is 12.9. The zero-order valence-electron chi connectivity index (χ0n) is 15.2. The van der Waals surface area contributed by atoms with Crippen molar-refractivity contribution in [2.75, 3.05) is 17.3 Å². The number of amides is 1. The number of hydrogen-bond donors (Lipinski definition) is 3. The molecule has 142 valence electrons. The van der Waals surface area contributed by atoms with E-state index in [0.29, 0.717) is 29.1 Å². The van der Waals surface area contributed by atoms with Crippen LogP contribution in [-0.4, -0.2) is 35.1 Å². The van der Waals surface area contributed by atoms with Gasteiger partial charge in [0.2, 0.25) is 0 Å². The van der Waals surface area contributed by atoms with Crippen LogP contribution in [0.25, 0.3) is 0 Å². The summed E-state index contributed by atoms with van der Waals surface area (Å²) in [4.78, 5) is 18.5. The average Bonchev–Trinajstić information content (AvgIpc) is 2.70. The van der Waals surface area contributed by atoms with Crippen molar-refractivity contribution in [3.8, 4) is 0 Å². The molecule has 0 saturated carbocycles. The van der Waals surface area contributed by atoms with Gasteiger partial charge in [-0.1, -0.05) is 24.3 Å². The van der Waals surface area contributed by atoms with E-state index in [9.17, 15) is 19.2 Å². The van der Waals surface area contributed by atoms with E-state index in [4.69, 9.17) is 0 Å². The van der Waals surface area contributed by atoms with Crippen LogP contribution < -0.4 is 15.7 Å². The number of rotatable bonds is 6. The van der Waals surface area contributed by atoms with Crippen LogP contribution in [0.2, 0.25) is 0 Å². The van der Waals surface area contributed by atoms with Gasteiger partial charge in [-0.05, 0) is 47.4 Å². The van der Waals surface area contributed by atoms with Gasteiger partial charge in [0.05, 0.1) is 5.56 Å². The minimum absolute atomic E-state index is 0.335. The fourth-order valence-electron chi connectivity index (χ4n) is 2.69. The van der Waals surface area contributed by atoms with E-state index < -0.39 is 7.12 Å². The zero-order chi connectivity index (χ0) is 20.1. The van der Waals surface area contributed by atoms with E-state index in [1.54, 1.807) is 30.3 Å². The molecule has 1 aromatic heterocycles. The van der Waals surface area contributed by atoms with Gasteiger partial charge in [0.1, 0.15) is 11.6 Å². The van der Waals surface area contributed by atoms with Crippen molar-refractivity contribution in [1.29, 1.82) is 0 Å². The first kappa shape index (κ1) is 19.5. The topological polar surface area (TPSA) is 85.7 Å². The molecule has 0 bridgehead atoms. The molecular weight excluding hydrogens is 360 g/mol. The normalized spacial score (nSPS) is 10.4. The van der Waals surface area contributed by atoms with Gasteiger partial charge in [-0.25, -0.2) is 9.37 Å². The van der Waals surface area contributed by atoms with Crippen LogP contribution in [0.15, 0.2) is 66.9 Å². The Morgan fingerprint density at radius 1 is 1.14 bits per heavy atom. The molecular formula is C20H19BFN3O3. The third-order valence-corrected chi connectivity index (χ3v) is 4.17. The standard InChI is InChI=1S/C20H19BFN3O3/c1-25(13-14-3-2-4-16(11-14)21(27)28)19-10-5-15(12-23-19)20(26)24-18-8-6-17(22)7-9-18/h2-12,27-28H,13H2,1H3,(H,24,26). The predicted octanol–water partition coefficient (Wildman–Crippen LogP) is 1.79. The third-order valence-electron chi connectivity index (χ3n) is 4.17. The summed E-state index contributed by atoms with van der Waals surface area (Å²) in [5.74, 6) is -0.0441. The minimum Gasteiger partial charge on any atom is -0.423 e. The number of benzene rings is 2. The average molecular weight is 379 g/mol. The van der Waals surface area contributed by atoms with E-state index in [2.05, 4.69) is 10.3 Å². The quantitative estimate of drug-likeness (QED) is 0.569. The van der Waals surface area contributed by atoms with Gasteiger partial charge in [0.25, 0.3) is 5.91 Å². The van der Waals surface area contributed by atoms with Gasteiger partial charge in [0.15, 0.2) is 0 Å². The zero-order valence-corrected chi connectivity index (χ0v) is 15.2. The van der Waals surface area contributed by atoms with Crippen LogP contribution in [0.5, 0.6) is 0 Å². The second-order valence-corrected chi connectivity index (χ2v) is 6.34. The maximum Gasteiger partial charge on any atom is 0.488 e. The van der Waals surface area contributed by atoms with Crippen LogP contribution in [0, 0.1) is 5.82 Å². The fraction of sp³-hybridized carbons (Fsp3) is 0.100. The first-order chi connectivity index (χ1) is 13.4. The fourth-order valence-corrected chi connectivity index (χ4v) is 2.69. The van der Waals surface area contributed by atoms with Crippen molar-refractivity contribution in [3.63, 3.8) is 0 Å². The largest absolute Gasteiger partial charge is 0.488 e. The molecule has 6 nitrogen and oxygen atoms in total. The summed E-state index contributed by atoms with van der Waals surface area (Å²) in [6, 6.07) is 15.9. The molecule has 0 unspecified atom stereocenters. The first-order valence-corrected chi connectivity index (χ1v) is 8.61. The van der Waals surface area contributed by atoms with Gasteiger partial charge in [-0.3, -0.25) is 4.79 Å². The van der Waals surface area contributed by atoms with Crippen LogP contribution in [0.4, 0.5) is 15.9 Å². The second kappa shape index (κ2) is 8.64. The number of anilines is 2. The molecule has 3 N–H and O–H groups in total. The number of nitrogens with zero attached hydrogens (tertiary/aromatic N) is 2. The van der Waals surface area contributed by atoms with Crippen molar-refractivity contribution >= 4 is 30.0 Å². The highest BCUT2D eigenvalue weighted by atomic mass is 19.1. The summed E-state index contributed by atoms with van der Waals surface area (Å²) < 4.78 is 12.9. The molecule has 3 rings (SSSR count). The summed E-state index contributed by atoms with van der Waals surface area (Å²) in [5.41, 5.74) is 2.20. The Kier molecular flexibility index (Phi) is 6.03. The van der Waals surface area contributed by atoms with E-state index >= 15 is 0 Å². The molecule has 0 aliphatic carbocycles. The van der Waals surface area contributed by atoms with Gasteiger partial charge < -0.3 is 20.3 Å². The molecule has 1 amide bonds. The lowest BCUT2D eigenvalue weighted by Gasteiger charge is -2.19. The monoisotopic (exact) mass is 379 g/mol. The predicted molar refractivity (Wildman–Crippen MR) is 107 cm³/mol. The minimum atomic E-state index is -1.51. The number of hydrogen-bond acceptors (Lipinski definition) is 5. The van der Waals surface area contributed by atoms with Crippen molar-refractivity contribution < 1.29 is 19.2 Å². The van der Waals surface area contributed by atoms with Crippen molar-refractivity contribution in [3.05, 3.63) is 83.8 Å². The molecule has 0 spiro atoms. The highest BCUT2D eigenvalue weighted by molar-refractivity contribution is 6.58. The van der Waals surface area contributed by atoms with Gasteiger partial charge >= 0.3 is 7.12 Å². The maximum atomic E-state index is 12.9. The molecule has 2 aromatic carbocycles. The molecule has 0 saturated heterocycles. The van der Waals surface area contributed by atoms with E-state index in [1.165, 1.54) is 30.5 Å². The number of pyridine rings is 1. The van der Waals surface area contributed by atoms with Gasteiger partial charge in [-0.15, -0.1) is 0 Å². The van der Waals surface area contributed by atoms with Gasteiger partial charge in [-0.2, -0.15) is 0 Å². The number of carbonyl (C=O) groups excluding carboxylic acids is 1. The lowest BCUT2D eigenvalue weighted by atomic mass is 9.79. The Morgan fingerprint density at radius 3 is 2.54 bits per heavy atom. The Labute approximate surface area is 162 Å². The van der Waals surface area contributed by atoms with E-state index in [-0.39, 0.29) is 11.7 Å². The molecule has 1 heterocycles. The Balaban J connectivity index is 1.65. The molecule has 0 aliphatic rings. The highest BCUT2D eigenvalue weighted by Crippen LogP contribution is 2.15. The van der Waals surface area contributed by atoms with Crippen LogP contribution >= 0.6 is 0 Å². The number of nitrogens with one attached hydrogen (secondary N) is 1. The van der Waals surface area contributed by atoms with Crippen LogP contribution in [0.3, 0.4) is 0 Å². The SMILES string of the molecule is CN(Cc1cccc(B(O)O)c1)c1ccc(C(=O)Nc2ccc(F)cc2)cn1. The van der Waals surface area contributed by atoms with E-state index in [0.717, 1.165) is 5.56 Å². The summed E-state index contributed by atoms with van der Waals surface area (Å²) >= 11 is 0. The molecule has 3 aromatic rings.